The first-order valence-corrected chi connectivity index (χ1v) is 10.6. The number of hydrogen-bond acceptors (Lipinski definition) is 2. The van der Waals surface area contributed by atoms with E-state index in [0.29, 0.717) is 29.3 Å². The van der Waals surface area contributed by atoms with E-state index in [9.17, 15) is 0 Å². The highest BCUT2D eigenvalue weighted by Crippen LogP contribution is 2.53. The normalized spacial score (nSPS) is 44.5. The summed E-state index contributed by atoms with van der Waals surface area (Å²) in [5, 5.41) is 0. The summed E-state index contributed by atoms with van der Waals surface area (Å²) in [7, 11) is 0. The molecule has 2 nitrogen and oxygen atoms in total. The van der Waals surface area contributed by atoms with Crippen molar-refractivity contribution in [2.75, 3.05) is 0 Å². The van der Waals surface area contributed by atoms with Gasteiger partial charge in [-0.2, -0.15) is 0 Å². The predicted octanol–water partition coefficient (Wildman–Crippen LogP) is 5.98. The van der Waals surface area contributed by atoms with Crippen molar-refractivity contribution in [1.82, 2.24) is 0 Å². The van der Waals surface area contributed by atoms with Gasteiger partial charge in [0.15, 0.2) is 0 Å². The Morgan fingerprint density at radius 2 is 1.83 bits per heavy atom. The molecule has 0 spiro atoms. The summed E-state index contributed by atoms with van der Waals surface area (Å²) in [6.07, 6.45) is 12.6. The van der Waals surface area contributed by atoms with E-state index in [-0.39, 0.29) is 0 Å². The van der Waals surface area contributed by atoms with Gasteiger partial charge in [-0.3, -0.25) is 0 Å². The van der Waals surface area contributed by atoms with Gasteiger partial charge in [-0.25, -0.2) is 0 Å². The first-order valence-electron chi connectivity index (χ1n) is 10.6. The number of rotatable bonds is 4. The molecule has 2 aliphatic heterocycles. The molecule has 0 aromatic rings. The van der Waals surface area contributed by atoms with Gasteiger partial charge in [-0.15, -0.1) is 0 Å². The predicted molar refractivity (Wildman–Crippen MR) is 100 cm³/mol. The molecule has 0 N–H and O–H groups in total. The van der Waals surface area contributed by atoms with E-state index in [1.807, 2.05) is 0 Å². The molecule has 24 heavy (non-hydrogen) atoms. The first-order chi connectivity index (χ1) is 11.3. The van der Waals surface area contributed by atoms with Crippen LogP contribution < -0.4 is 0 Å². The van der Waals surface area contributed by atoms with Crippen LogP contribution in [0.25, 0.3) is 0 Å². The summed E-state index contributed by atoms with van der Waals surface area (Å²) in [5.41, 5.74) is 0.813. The van der Waals surface area contributed by atoms with Crippen LogP contribution in [0.5, 0.6) is 0 Å². The molecule has 7 unspecified atom stereocenters. The molecule has 4 aliphatic rings. The summed E-state index contributed by atoms with van der Waals surface area (Å²) in [6, 6.07) is 0. The van der Waals surface area contributed by atoms with E-state index in [2.05, 4.69) is 41.5 Å². The fourth-order valence-corrected chi connectivity index (χ4v) is 4.93. The Morgan fingerprint density at radius 3 is 2.42 bits per heavy atom. The van der Waals surface area contributed by atoms with Crippen LogP contribution in [0, 0.1) is 23.2 Å². The van der Waals surface area contributed by atoms with Crippen molar-refractivity contribution in [3.05, 3.63) is 0 Å². The standard InChI is InChI=1S/C12H22O.C10H18O/c1-5-11(2,3)9-6-7-12(4)10(8-9)13-12;1-3-7(2)8-4-5-9-10(6-8)11-9/h9-10H,5-8H2,1-4H3;7-10H,3-6H2,1-2H3. The molecular weight excluding hydrogens is 296 g/mol. The summed E-state index contributed by atoms with van der Waals surface area (Å²) in [5.74, 6) is 2.77. The van der Waals surface area contributed by atoms with Gasteiger partial charge < -0.3 is 9.47 Å². The van der Waals surface area contributed by atoms with Crippen LogP contribution in [-0.4, -0.2) is 23.9 Å². The lowest BCUT2D eigenvalue weighted by Crippen LogP contribution is -2.31. The Bertz CT molecular complexity index is 432. The minimum atomic E-state index is 0.292. The molecule has 2 aliphatic carbocycles. The maximum atomic E-state index is 5.74. The minimum absolute atomic E-state index is 0.292. The number of fused-ring (bicyclic) bond motifs is 2. The summed E-state index contributed by atoms with van der Waals surface area (Å²) >= 11 is 0. The summed E-state index contributed by atoms with van der Waals surface area (Å²) in [4.78, 5) is 0. The molecule has 0 aromatic carbocycles. The molecule has 2 saturated carbocycles. The van der Waals surface area contributed by atoms with Gasteiger partial charge in [-0.1, -0.05) is 47.5 Å². The summed E-state index contributed by atoms with van der Waals surface area (Å²) < 4.78 is 11.2. The third-order valence-corrected chi connectivity index (χ3v) is 8.03. The fraction of sp³-hybridized carbons (Fsp3) is 1.00. The van der Waals surface area contributed by atoms with Gasteiger partial charge in [0.2, 0.25) is 0 Å². The van der Waals surface area contributed by atoms with Gasteiger partial charge in [0, 0.05) is 0 Å². The molecule has 7 atom stereocenters. The van der Waals surface area contributed by atoms with Crippen LogP contribution >= 0.6 is 0 Å². The van der Waals surface area contributed by atoms with Crippen molar-refractivity contribution in [3.8, 4) is 0 Å². The largest absolute Gasteiger partial charge is 0.370 e. The monoisotopic (exact) mass is 336 g/mol. The second-order valence-electron chi connectivity index (χ2n) is 9.90. The highest BCUT2D eigenvalue weighted by molar-refractivity contribution is 5.05. The number of epoxide rings is 2. The van der Waals surface area contributed by atoms with E-state index >= 15 is 0 Å². The lowest BCUT2D eigenvalue weighted by atomic mass is 9.68. The molecule has 2 heterocycles. The van der Waals surface area contributed by atoms with E-state index in [1.165, 1.54) is 51.4 Å². The lowest BCUT2D eigenvalue weighted by molar-refractivity contribution is 0.155. The van der Waals surface area contributed by atoms with Crippen LogP contribution in [0.15, 0.2) is 0 Å². The van der Waals surface area contributed by atoms with Crippen molar-refractivity contribution in [2.45, 2.75) is 117 Å². The van der Waals surface area contributed by atoms with Gasteiger partial charge in [0.25, 0.3) is 0 Å². The topological polar surface area (TPSA) is 25.1 Å². The zero-order chi connectivity index (χ0) is 17.5. The zero-order valence-electron chi connectivity index (χ0n) is 16.9. The van der Waals surface area contributed by atoms with Crippen molar-refractivity contribution in [1.29, 1.82) is 0 Å². The van der Waals surface area contributed by atoms with Gasteiger partial charge >= 0.3 is 0 Å². The average molecular weight is 337 g/mol. The first kappa shape index (κ1) is 18.7. The smallest absolute Gasteiger partial charge is 0.0920 e. The Kier molecular flexibility index (Phi) is 5.39. The van der Waals surface area contributed by atoms with Crippen molar-refractivity contribution < 1.29 is 9.47 Å². The van der Waals surface area contributed by atoms with Gasteiger partial charge in [-0.05, 0) is 68.6 Å². The maximum absolute atomic E-state index is 5.74. The van der Waals surface area contributed by atoms with E-state index < -0.39 is 0 Å². The van der Waals surface area contributed by atoms with E-state index in [0.717, 1.165) is 17.8 Å². The zero-order valence-corrected chi connectivity index (χ0v) is 16.9. The van der Waals surface area contributed by atoms with Crippen molar-refractivity contribution in [2.24, 2.45) is 23.2 Å². The Hall–Kier alpha value is -0.0800. The lowest BCUT2D eigenvalue weighted by Gasteiger charge is -2.36. The molecule has 2 heteroatoms. The molecule has 2 saturated heterocycles. The van der Waals surface area contributed by atoms with E-state index in [4.69, 9.17) is 9.47 Å². The highest BCUT2D eigenvalue weighted by atomic mass is 16.6. The second-order valence-corrected chi connectivity index (χ2v) is 9.90. The molecule has 0 amide bonds. The Morgan fingerprint density at radius 1 is 1.08 bits per heavy atom. The van der Waals surface area contributed by atoms with E-state index in [1.54, 1.807) is 0 Å². The molecule has 0 radical (unpaired) electrons. The second kappa shape index (κ2) is 6.91. The maximum Gasteiger partial charge on any atom is 0.0920 e. The minimum Gasteiger partial charge on any atom is -0.370 e. The average Bonchev–Trinajstić information content (AvgIpc) is 3.46. The molecule has 0 aromatic heterocycles. The molecule has 4 rings (SSSR count). The third-order valence-electron chi connectivity index (χ3n) is 8.03. The highest BCUT2D eigenvalue weighted by Gasteiger charge is 2.56. The van der Waals surface area contributed by atoms with Crippen LogP contribution in [0.2, 0.25) is 0 Å². The van der Waals surface area contributed by atoms with Gasteiger partial charge in [0.05, 0.1) is 23.9 Å². The van der Waals surface area contributed by atoms with Crippen LogP contribution in [0.4, 0.5) is 0 Å². The van der Waals surface area contributed by atoms with Crippen molar-refractivity contribution >= 4 is 0 Å². The number of hydrogen-bond donors (Lipinski definition) is 0. The Balaban J connectivity index is 0.000000143. The molecule has 0 bridgehead atoms. The third kappa shape index (κ3) is 4.01. The molecular formula is C22H40O2. The summed E-state index contributed by atoms with van der Waals surface area (Å²) in [6.45, 7) is 14.1. The van der Waals surface area contributed by atoms with Crippen molar-refractivity contribution in [3.63, 3.8) is 0 Å². The molecule has 4 fully saturated rings. The van der Waals surface area contributed by atoms with Gasteiger partial charge in [0.1, 0.15) is 0 Å². The van der Waals surface area contributed by atoms with Crippen LogP contribution in [0.1, 0.15) is 92.9 Å². The van der Waals surface area contributed by atoms with Crippen LogP contribution in [-0.2, 0) is 9.47 Å². The SMILES string of the molecule is CCC(C)(C)C1CCC2(C)OC2C1.CCC(C)C1CCC2OC2C1. The number of ether oxygens (including phenoxy) is 2. The molecule has 140 valence electrons. The fourth-order valence-electron chi connectivity index (χ4n) is 4.93. The Labute approximate surface area is 150 Å². The quantitative estimate of drug-likeness (QED) is 0.590. The van der Waals surface area contributed by atoms with Crippen LogP contribution in [0.3, 0.4) is 0 Å².